The van der Waals surface area contributed by atoms with Crippen molar-refractivity contribution in [3.8, 4) is 0 Å². The minimum Gasteiger partial charge on any atom is -0.347 e. The highest BCUT2D eigenvalue weighted by Gasteiger charge is 2.24. The second-order valence-electron chi connectivity index (χ2n) is 6.31. The Morgan fingerprint density at radius 2 is 1.88 bits per heavy atom. The van der Waals surface area contributed by atoms with Crippen LogP contribution in [-0.4, -0.2) is 47.0 Å². The highest BCUT2D eigenvalue weighted by molar-refractivity contribution is 5.96. The van der Waals surface area contributed by atoms with Crippen LogP contribution in [0.15, 0.2) is 36.4 Å². The lowest BCUT2D eigenvalue weighted by molar-refractivity contribution is -0.130. The molecule has 0 saturated carbocycles. The van der Waals surface area contributed by atoms with Crippen molar-refractivity contribution < 1.29 is 9.59 Å². The van der Waals surface area contributed by atoms with E-state index in [0.29, 0.717) is 12.1 Å². The van der Waals surface area contributed by atoms with E-state index in [4.69, 9.17) is 0 Å². The summed E-state index contributed by atoms with van der Waals surface area (Å²) in [7, 11) is 3.36. The molecule has 6 heteroatoms. The molecular weight excluding hydrogens is 304 g/mol. The van der Waals surface area contributed by atoms with Crippen molar-refractivity contribution in [3.05, 3.63) is 53.3 Å². The molecule has 0 spiro atoms. The molecule has 0 unspecified atom stereocenters. The molecule has 2 rings (SSSR count). The Morgan fingerprint density at radius 1 is 1.21 bits per heavy atom. The molecule has 1 atom stereocenters. The Kier molecular flexibility index (Phi) is 5.73. The fourth-order valence-electron chi connectivity index (χ4n) is 2.34. The molecular formula is C18H24N4O2. The molecule has 0 radical (unpaired) electrons. The largest absolute Gasteiger partial charge is 0.347 e. The van der Waals surface area contributed by atoms with Crippen LogP contribution in [0.2, 0.25) is 0 Å². The summed E-state index contributed by atoms with van der Waals surface area (Å²) in [5.41, 5.74) is 2.17. The van der Waals surface area contributed by atoms with Crippen LogP contribution in [0.3, 0.4) is 0 Å². The van der Waals surface area contributed by atoms with Gasteiger partial charge in [0, 0.05) is 26.2 Å². The molecule has 0 aliphatic carbocycles. The van der Waals surface area contributed by atoms with Gasteiger partial charge in [0.1, 0.15) is 11.7 Å². The first-order valence-electron chi connectivity index (χ1n) is 7.99. The van der Waals surface area contributed by atoms with Crippen LogP contribution < -0.4 is 5.32 Å². The van der Waals surface area contributed by atoms with Gasteiger partial charge in [0.05, 0.1) is 0 Å². The number of rotatable bonds is 6. The normalized spacial score (nSPS) is 12.0. The predicted octanol–water partition coefficient (Wildman–Crippen LogP) is 1.96. The fraction of sp³-hybridized carbons (Fsp3) is 0.389. The Balaban J connectivity index is 2.14. The summed E-state index contributed by atoms with van der Waals surface area (Å²) in [5, 5.41) is 9.70. The summed E-state index contributed by atoms with van der Waals surface area (Å²) in [6, 6.07) is 10.7. The van der Waals surface area contributed by atoms with Crippen LogP contribution in [0.1, 0.15) is 41.5 Å². The topological polar surface area (TPSA) is 78.1 Å². The van der Waals surface area contributed by atoms with Crippen molar-refractivity contribution in [3.63, 3.8) is 0 Å². The van der Waals surface area contributed by atoms with E-state index in [0.717, 1.165) is 11.3 Å². The van der Waals surface area contributed by atoms with E-state index in [1.807, 2.05) is 44.2 Å². The molecule has 2 aromatic rings. The summed E-state index contributed by atoms with van der Waals surface area (Å²) < 4.78 is 0. The van der Waals surface area contributed by atoms with Crippen LogP contribution in [-0.2, 0) is 11.2 Å². The molecule has 0 bridgehead atoms. The number of aromatic amines is 1. The number of nitrogens with zero attached hydrogens (tertiary/aromatic N) is 2. The van der Waals surface area contributed by atoms with Crippen molar-refractivity contribution >= 4 is 11.8 Å². The maximum Gasteiger partial charge on any atom is 0.272 e. The van der Waals surface area contributed by atoms with Gasteiger partial charge in [-0.05, 0) is 17.5 Å². The minimum atomic E-state index is -0.630. The zero-order valence-corrected chi connectivity index (χ0v) is 14.5. The zero-order chi connectivity index (χ0) is 17.7. The molecule has 128 valence electrons. The van der Waals surface area contributed by atoms with Crippen molar-refractivity contribution in [2.45, 2.75) is 32.2 Å². The summed E-state index contributed by atoms with van der Waals surface area (Å²) in [6.45, 7) is 4.03. The number of hydrogen-bond donors (Lipinski definition) is 2. The molecule has 6 nitrogen and oxygen atoms in total. The first-order chi connectivity index (χ1) is 11.4. The third kappa shape index (κ3) is 4.44. The van der Waals surface area contributed by atoms with Crippen molar-refractivity contribution in [2.24, 2.45) is 0 Å². The van der Waals surface area contributed by atoms with Crippen molar-refractivity contribution in [2.75, 3.05) is 14.1 Å². The van der Waals surface area contributed by atoms with Gasteiger partial charge in [0.25, 0.3) is 5.91 Å². The number of amides is 2. The molecule has 2 amide bonds. The van der Waals surface area contributed by atoms with Crippen molar-refractivity contribution in [1.29, 1.82) is 0 Å². The van der Waals surface area contributed by atoms with Gasteiger partial charge in [0.15, 0.2) is 0 Å². The number of nitrogens with one attached hydrogen (secondary N) is 2. The van der Waals surface area contributed by atoms with Gasteiger partial charge < -0.3 is 10.2 Å². The SMILES string of the molecule is CC(C)c1cc(C(=O)N[C@H](Cc2ccccc2)C(=O)N(C)C)n[nH]1. The third-order valence-electron chi connectivity index (χ3n) is 3.78. The molecule has 0 saturated heterocycles. The summed E-state index contributed by atoms with van der Waals surface area (Å²) in [4.78, 5) is 26.3. The quantitative estimate of drug-likeness (QED) is 0.851. The number of carbonyl (C=O) groups excluding carboxylic acids is 2. The van der Waals surface area contributed by atoms with Gasteiger partial charge in [-0.1, -0.05) is 44.2 Å². The van der Waals surface area contributed by atoms with Crippen LogP contribution in [0, 0.1) is 0 Å². The van der Waals surface area contributed by atoms with Crippen LogP contribution in [0.4, 0.5) is 0 Å². The van der Waals surface area contributed by atoms with E-state index in [1.54, 1.807) is 20.2 Å². The molecule has 0 fully saturated rings. The predicted molar refractivity (Wildman–Crippen MR) is 92.8 cm³/mol. The first kappa shape index (κ1) is 17.7. The smallest absolute Gasteiger partial charge is 0.272 e. The number of aromatic nitrogens is 2. The van der Waals surface area contributed by atoms with Gasteiger partial charge >= 0.3 is 0 Å². The summed E-state index contributed by atoms with van der Waals surface area (Å²) in [6.07, 6.45) is 0.436. The van der Waals surface area contributed by atoms with Gasteiger partial charge in [-0.2, -0.15) is 5.10 Å². The second-order valence-corrected chi connectivity index (χ2v) is 6.31. The number of hydrogen-bond acceptors (Lipinski definition) is 3. The number of H-pyrrole nitrogens is 1. The molecule has 1 aromatic carbocycles. The molecule has 1 heterocycles. The Morgan fingerprint density at radius 3 is 2.42 bits per heavy atom. The fourth-order valence-corrected chi connectivity index (χ4v) is 2.34. The molecule has 1 aromatic heterocycles. The Hall–Kier alpha value is -2.63. The minimum absolute atomic E-state index is 0.146. The number of carbonyl (C=O) groups is 2. The van der Waals surface area contributed by atoms with Crippen LogP contribution in [0.25, 0.3) is 0 Å². The first-order valence-corrected chi connectivity index (χ1v) is 7.99. The van der Waals surface area contributed by atoms with E-state index in [9.17, 15) is 9.59 Å². The average Bonchev–Trinajstić information content (AvgIpc) is 3.04. The Labute approximate surface area is 142 Å². The van der Waals surface area contributed by atoms with Gasteiger partial charge in [-0.15, -0.1) is 0 Å². The summed E-state index contributed by atoms with van der Waals surface area (Å²) >= 11 is 0. The summed E-state index contributed by atoms with van der Waals surface area (Å²) in [5.74, 6) is -0.247. The highest BCUT2D eigenvalue weighted by atomic mass is 16.2. The molecule has 0 aliphatic heterocycles. The highest BCUT2D eigenvalue weighted by Crippen LogP contribution is 2.12. The lowest BCUT2D eigenvalue weighted by Crippen LogP contribution is -2.47. The van der Waals surface area contributed by atoms with E-state index in [2.05, 4.69) is 15.5 Å². The monoisotopic (exact) mass is 328 g/mol. The van der Waals surface area contributed by atoms with E-state index in [-0.39, 0.29) is 17.7 Å². The van der Waals surface area contributed by atoms with Crippen molar-refractivity contribution in [1.82, 2.24) is 20.4 Å². The standard InChI is InChI=1S/C18H24N4O2/c1-12(2)14-11-15(21-20-14)17(23)19-16(18(24)22(3)4)10-13-8-6-5-7-9-13/h5-9,11-12,16H,10H2,1-4H3,(H,19,23)(H,20,21)/t16-/m1/s1. The molecule has 24 heavy (non-hydrogen) atoms. The van der Waals surface area contributed by atoms with Gasteiger partial charge in [-0.3, -0.25) is 14.7 Å². The lowest BCUT2D eigenvalue weighted by Gasteiger charge is -2.21. The van der Waals surface area contributed by atoms with Crippen LogP contribution >= 0.6 is 0 Å². The van der Waals surface area contributed by atoms with E-state index < -0.39 is 6.04 Å². The Bertz CT molecular complexity index is 692. The molecule has 0 aliphatic rings. The average molecular weight is 328 g/mol. The van der Waals surface area contributed by atoms with E-state index in [1.165, 1.54) is 4.90 Å². The maximum absolute atomic E-state index is 12.4. The maximum atomic E-state index is 12.4. The lowest BCUT2D eigenvalue weighted by atomic mass is 10.0. The second kappa shape index (κ2) is 7.77. The van der Waals surface area contributed by atoms with Gasteiger partial charge in [-0.25, -0.2) is 0 Å². The van der Waals surface area contributed by atoms with Gasteiger partial charge in [0.2, 0.25) is 5.91 Å². The zero-order valence-electron chi connectivity index (χ0n) is 14.5. The third-order valence-corrected chi connectivity index (χ3v) is 3.78. The van der Waals surface area contributed by atoms with Crippen LogP contribution in [0.5, 0.6) is 0 Å². The number of benzene rings is 1. The van der Waals surface area contributed by atoms with E-state index >= 15 is 0 Å². The number of likely N-dealkylation sites (N-methyl/N-ethyl adjacent to an activating group) is 1. The molecule has 2 N–H and O–H groups in total.